The van der Waals surface area contributed by atoms with Gasteiger partial charge < -0.3 is 10.2 Å². The second kappa shape index (κ2) is 6.15. The van der Waals surface area contributed by atoms with Gasteiger partial charge in [0.2, 0.25) is 9.84 Å². The number of likely N-dealkylation sites (N-methyl/N-ethyl adjacent to an activating group) is 1. The third kappa shape index (κ3) is 2.66. The van der Waals surface area contributed by atoms with Crippen molar-refractivity contribution in [1.82, 2.24) is 5.32 Å². The van der Waals surface area contributed by atoms with Crippen molar-refractivity contribution in [1.29, 1.82) is 0 Å². The third-order valence-corrected chi connectivity index (χ3v) is 7.48. The highest BCUT2D eigenvalue weighted by Gasteiger charge is 2.41. The van der Waals surface area contributed by atoms with Crippen LogP contribution in [0.3, 0.4) is 0 Å². The molecule has 0 spiro atoms. The molecule has 1 N–H and O–H groups in total. The Bertz CT molecular complexity index is 880. The first-order chi connectivity index (χ1) is 12.0. The summed E-state index contributed by atoms with van der Waals surface area (Å²) in [5.74, 6) is 0.854. The standard InChI is InChI=1S/C20H24N2O2S/c1-14-13-21-11-10-19-20(14)17-12-16(8-9-18(17)22(19)2)25(23,24)15-6-4-3-5-7-15/h3-9,12,14,19-21H,10-11,13H2,1-2H3/t14?,19-,20+/m0/s1. The fourth-order valence-electron chi connectivity index (χ4n) is 4.42. The van der Waals surface area contributed by atoms with Gasteiger partial charge in [-0.1, -0.05) is 25.1 Å². The SMILES string of the molecule is CC1CNCC[C@H]2[C@H]1c1cc(S(=O)(=O)c3ccccc3)ccc1N2C. The van der Waals surface area contributed by atoms with Gasteiger partial charge in [-0.3, -0.25) is 0 Å². The van der Waals surface area contributed by atoms with Crippen LogP contribution in [0.1, 0.15) is 24.8 Å². The molecule has 0 amide bonds. The predicted molar refractivity (Wildman–Crippen MR) is 99.9 cm³/mol. The molecule has 1 fully saturated rings. The van der Waals surface area contributed by atoms with Crippen LogP contribution in [0.15, 0.2) is 58.3 Å². The summed E-state index contributed by atoms with van der Waals surface area (Å²) < 4.78 is 26.0. The normalized spacial score (nSPS) is 26.0. The van der Waals surface area contributed by atoms with Crippen molar-refractivity contribution in [2.45, 2.75) is 35.1 Å². The molecule has 0 radical (unpaired) electrons. The van der Waals surface area contributed by atoms with Crippen LogP contribution in [-0.2, 0) is 9.84 Å². The molecule has 25 heavy (non-hydrogen) atoms. The smallest absolute Gasteiger partial charge is 0.206 e. The summed E-state index contributed by atoms with van der Waals surface area (Å²) in [5.41, 5.74) is 2.36. The number of benzene rings is 2. The number of hydrogen-bond acceptors (Lipinski definition) is 4. The van der Waals surface area contributed by atoms with Gasteiger partial charge in [-0.05, 0) is 61.3 Å². The Morgan fingerprint density at radius 3 is 2.60 bits per heavy atom. The minimum Gasteiger partial charge on any atom is -0.371 e. The lowest BCUT2D eigenvalue weighted by atomic mass is 9.84. The minimum atomic E-state index is -3.48. The molecule has 1 unspecified atom stereocenters. The Balaban J connectivity index is 1.81. The Hall–Kier alpha value is -1.85. The van der Waals surface area contributed by atoms with E-state index >= 15 is 0 Å². The monoisotopic (exact) mass is 356 g/mol. The molecule has 2 heterocycles. The second-order valence-electron chi connectivity index (χ2n) is 7.21. The zero-order valence-corrected chi connectivity index (χ0v) is 15.5. The van der Waals surface area contributed by atoms with Crippen LogP contribution >= 0.6 is 0 Å². The van der Waals surface area contributed by atoms with E-state index in [9.17, 15) is 8.42 Å². The van der Waals surface area contributed by atoms with Crippen molar-refractivity contribution >= 4 is 15.5 Å². The van der Waals surface area contributed by atoms with Gasteiger partial charge in [0.1, 0.15) is 0 Å². The molecular weight excluding hydrogens is 332 g/mol. The third-order valence-electron chi connectivity index (χ3n) is 5.71. The van der Waals surface area contributed by atoms with Gasteiger partial charge >= 0.3 is 0 Å². The molecule has 0 saturated carbocycles. The van der Waals surface area contributed by atoms with Crippen molar-refractivity contribution in [3.63, 3.8) is 0 Å². The highest BCUT2D eigenvalue weighted by molar-refractivity contribution is 7.91. The van der Waals surface area contributed by atoms with E-state index in [1.54, 1.807) is 30.3 Å². The summed E-state index contributed by atoms with van der Waals surface area (Å²) in [6.45, 7) is 4.25. The highest BCUT2D eigenvalue weighted by Crippen LogP contribution is 2.46. The van der Waals surface area contributed by atoms with Crippen LogP contribution in [0.25, 0.3) is 0 Å². The Morgan fingerprint density at radius 1 is 1.08 bits per heavy atom. The molecule has 2 aliphatic rings. The van der Waals surface area contributed by atoms with E-state index in [1.807, 2.05) is 18.2 Å². The van der Waals surface area contributed by atoms with Crippen molar-refractivity contribution in [2.75, 3.05) is 25.0 Å². The topological polar surface area (TPSA) is 49.4 Å². The number of nitrogens with one attached hydrogen (secondary N) is 1. The first-order valence-electron chi connectivity index (χ1n) is 8.88. The second-order valence-corrected chi connectivity index (χ2v) is 9.16. The Labute approximate surface area is 149 Å². The lowest BCUT2D eigenvalue weighted by molar-refractivity contribution is 0.424. The number of nitrogens with zero attached hydrogens (tertiary/aromatic N) is 1. The van der Waals surface area contributed by atoms with Crippen LogP contribution in [0.4, 0.5) is 5.69 Å². The van der Waals surface area contributed by atoms with Crippen LogP contribution in [-0.4, -0.2) is 34.6 Å². The molecule has 3 atom stereocenters. The highest BCUT2D eigenvalue weighted by atomic mass is 32.2. The summed E-state index contributed by atoms with van der Waals surface area (Å²) in [7, 11) is -1.34. The quantitative estimate of drug-likeness (QED) is 0.898. The lowest BCUT2D eigenvalue weighted by Gasteiger charge is -2.27. The average Bonchev–Trinajstić information content (AvgIpc) is 2.77. The molecular formula is C20H24N2O2S. The summed E-state index contributed by atoms with van der Waals surface area (Å²) in [5, 5.41) is 3.50. The molecule has 132 valence electrons. The van der Waals surface area contributed by atoms with Crippen molar-refractivity contribution in [3.05, 3.63) is 54.1 Å². The first-order valence-corrected chi connectivity index (χ1v) is 10.4. The van der Waals surface area contributed by atoms with Crippen molar-refractivity contribution < 1.29 is 8.42 Å². The van der Waals surface area contributed by atoms with Gasteiger partial charge in [0.05, 0.1) is 9.79 Å². The van der Waals surface area contributed by atoms with Crippen LogP contribution in [0, 0.1) is 5.92 Å². The van der Waals surface area contributed by atoms with Gasteiger partial charge in [-0.15, -0.1) is 0 Å². The molecule has 5 heteroatoms. The van der Waals surface area contributed by atoms with Gasteiger partial charge in [-0.25, -0.2) is 8.42 Å². The summed E-state index contributed by atoms with van der Waals surface area (Å²) >= 11 is 0. The maximum absolute atomic E-state index is 13.0. The number of rotatable bonds is 2. The lowest BCUT2D eigenvalue weighted by Crippen LogP contribution is -2.32. The molecule has 4 nitrogen and oxygen atoms in total. The van der Waals surface area contributed by atoms with Crippen LogP contribution in [0.2, 0.25) is 0 Å². The van der Waals surface area contributed by atoms with E-state index in [0.717, 1.165) is 19.5 Å². The van der Waals surface area contributed by atoms with Gasteiger partial charge in [0, 0.05) is 24.7 Å². The van der Waals surface area contributed by atoms with E-state index in [1.165, 1.54) is 11.3 Å². The minimum absolute atomic E-state index is 0.355. The average molecular weight is 356 g/mol. The van der Waals surface area contributed by atoms with Gasteiger partial charge in [0.15, 0.2) is 0 Å². The predicted octanol–water partition coefficient (Wildman–Crippen LogP) is 3.05. The molecule has 2 aromatic rings. The molecule has 4 rings (SSSR count). The van der Waals surface area contributed by atoms with Crippen molar-refractivity contribution in [3.8, 4) is 0 Å². The summed E-state index contributed by atoms with van der Waals surface area (Å²) in [4.78, 5) is 3.09. The molecule has 1 saturated heterocycles. The van der Waals surface area contributed by atoms with Crippen LogP contribution < -0.4 is 10.2 Å². The first kappa shape index (κ1) is 16.6. The molecule has 0 aromatic heterocycles. The van der Waals surface area contributed by atoms with Crippen molar-refractivity contribution in [2.24, 2.45) is 5.92 Å². The molecule has 2 aromatic carbocycles. The van der Waals surface area contributed by atoms with E-state index in [4.69, 9.17) is 0 Å². The zero-order valence-electron chi connectivity index (χ0n) is 14.6. The van der Waals surface area contributed by atoms with Crippen LogP contribution in [0.5, 0.6) is 0 Å². The maximum Gasteiger partial charge on any atom is 0.206 e. The fraction of sp³-hybridized carbons (Fsp3) is 0.400. The van der Waals surface area contributed by atoms with Gasteiger partial charge in [-0.2, -0.15) is 0 Å². The summed E-state index contributed by atoms with van der Waals surface area (Å²) in [6, 6.07) is 14.8. The van der Waals surface area contributed by atoms with E-state index < -0.39 is 9.84 Å². The largest absolute Gasteiger partial charge is 0.371 e. The van der Waals surface area contributed by atoms with Gasteiger partial charge in [0.25, 0.3) is 0 Å². The van der Waals surface area contributed by atoms with E-state index in [-0.39, 0.29) is 0 Å². The number of sulfone groups is 1. The summed E-state index contributed by atoms with van der Waals surface area (Å²) in [6.07, 6.45) is 1.08. The van der Waals surface area contributed by atoms with E-state index in [0.29, 0.717) is 27.7 Å². The Kier molecular flexibility index (Phi) is 4.08. The Morgan fingerprint density at radius 2 is 1.84 bits per heavy atom. The molecule has 2 aliphatic heterocycles. The number of anilines is 1. The number of hydrogen-bond donors (Lipinski definition) is 1. The molecule has 0 bridgehead atoms. The zero-order chi connectivity index (χ0) is 17.6. The molecule has 0 aliphatic carbocycles. The van der Waals surface area contributed by atoms with E-state index in [2.05, 4.69) is 24.2 Å². The number of fused-ring (bicyclic) bond motifs is 3. The maximum atomic E-state index is 13.0. The fourth-order valence-corrected chi connectivity index (χ4v) is 5.73.